The molecule has 0 heterocycles. The quantitative estimate of drug-likeness (QED) is 0.787. The molecule has 1 rings (SSSR count). The molecular weight excluding hydrogens is 176 g/mol. The van der Waals surface area contributed by atoms with Crippen LogP contribution in [-0.4, -0.2) is 26.5 Å². The van der Waals surface area contributed by atoms with Crippen molar-refractivity contribution >= 4 is 11.6 Å². The van der Waals surface area contributed by atoms with Gasteiger partial charge in [-0.05, 0) is 31.2 Å². The molecule has 0 saturated carbocycles. The molecule has 3 nitrogen and oxygen atoms in total. The van der Waals surface area contributed by atoms with Gasteiger partial charge in [-0.15, -0.1) is 0 Å². The van der Waals surface area contributed by atoms with E-state index in [1.807, 2.05) is 50.2 Å². The Balaban J connectivity index is 2.78. The van der Waals surface area contributed by atoms with Crippen LogP contribution in [-0.2, 0) is 0 Å². The van der Waals surface area contributed by atoms with Crippen LogP contribution in [0.1, 0.15) is 17.3 Å². The average Bonchev–Trinajstić information content (AvgIpc) is 2.18. The number of hydrogen-bond acceptors (Lipinski definition) is 2. The van der Waals surface area contributed by atoms with Gasteiger partial charge in [-0.2, -0.15) is 0 Å². The SMILES string of the molecule is CCNC(=O)c1ccc(N(C)C)cc1. The fraction of sp³-hybridized carbons (Fsp3) is 0.364. The largest absolute Gasteiger partial charge is 0.378 e. The van der Waals surface area contributed by atoms with E-state index in [2.05, 4.69) is 5.32 Å². The summed E-state index contributed by atoms with van der Waals surface area (Å²) in [6, 6.07) is 7.54. The first-order chi connectivity index (χ1) is 6.65. The van der Waals surface area contributed by atoms with Gasteiger partial charge in [0.25, 0.3) is 5.91 Å². The molecule has 0 atom stereocenters. The number of nitrogens with one attached hydrogen (secondary N) is 1. The second-order valence-electron chi connectivity index (χ2n) is 3.30. The molecule has 0 spiro atoms. The molecule has 1 N–H and O–H groups in total. The molecule has 0 saturated heterocycles. The fourth-order valence-corrected chi connectivity index (χ4v) is 1.17. The number of hydrogen-bond donors (Lipinski definition) is 1. The van der Waals surface area contributed by atoms with Gasteiger partial charge in [0.15, 0.2) is 0 Å². The van der Waals surface area contributed by atoms with Gasteiger partial charge in [-0.1, -0.05) is 0 Å². The summed E-state index contributed by atoms with van der Waals surface area (Å²) in [5.41, 5.74) is 1.80. The monoisotopic (exact) mass is 192 g/mol. The van der Waals surface area contributed by atoms with Crippen molar-refractivity contribution < 1.29 is 4.79 Å². The van der Waals surface area contributed by atoms with Crippen molar-refractivity contribution in [3.63, 3.8) is 0 Å². The Hall–Kier alpha value is -1.51. The molecule has 14 heavy (non-hydrogen) atoms. The zero-order valence-corrected chi connectivity index (χ0v) is 8.87. The minimum Gasteiger partial charge on any atom is -0.378 e. The second kappa shape index (κ2) is 4.65. The zero-order chi connectivity index (χ0) is 10.6. The van der Waals surface area contributed by atoms with Gasteiger partial charge in [0, 0.05) is 31.9 Å². The van der Waals surface area contributed by atoms with E-state index in [0.717, 1.165) is 5.69 Å². The third-order valence-corrected chi connectivity index (χ3v) is 1.98. The Kier molecular flexibility index (Phi) is 3.51. The van der Waals surface area contributed by atoms with Crippen molar-refractivity contribution in [2.45, 2.75) is 6.92 Å². The van der Waals surface area contributed by atoms with Gasteiger partial charge in [0.05, 0.1) is 0 Å². The van der Waals surface area contributed by atoms with E-state index in [0.29, 0.717) is 12.1 Å². The van der Waals surface area contributed by atoms with Crippen LogP contribution in [0.2, 0.25) is 0 Å². The van der Waals surface area contributed by atoms with Crippen LogP contribution in [0.5, 0.6) is 0 Å². The van der Waals surface area contributed by atoms with Crippen molar-refractivity contribution in [1.29, 1.82) is 0 Å². The highest BCUT2D eigenvalue weighted by molar-refractivity contribution is 5.94. The van der Waals surface area contributed by atoms with Gasteiger partial charge >= 0.3 is 0 Å². The van der Waals surface area contributed by atoms with Gasteiger partial charge in [0.2, 0.25) is 0 Å². The molecule has 0 aliphatic rings. The first-order valence-corrected chi connectivity index (χ1v) is 4.70. The smallest absolute Gasteiger partial charge is 0.251 e. The molecule has 0 bridgehead atoms. The summed E-state index contributed by atoms with van der Waals surface area (Å²) >= 11 is 0. The van der Waals surface area contributed by atoms with Crippen LogP contribution >= 0.6 is 0 Å². The van der Waals surface area contributed by atoms with Crippen LogP contribution in [0, 0.1) is 0 Å². The normalized spacial score (nSPS) is 9.64. The van der Waals surface area contributed by atoms with Crippen molar-refractivity contribution in [2.75, 3.05) is 25.5 Å². The summed E-state index contributed by atoms with van der Waals surface area (Å²) in [7, 11) is 3.95. The molecule has 0 aliphatic carbocycles. The van der Waals surface area contributed by atoms with E-state index in [9.17, 15) is 4.79 Å². The van der Waals surface area contributed by atoms with E-state index in [-0.39, 0.29) is 5.91 Å². The number of carbonyl (C=O) groups is 1. The van der Waals surface area contributed by atoms with Crippen molar-refractivity contribution in [2.24, 2.45) is 0 Å². The lowest BCUT2D eigenvalue weighted by molar-refractivity contribution is 0.0956. The maximum absolute atomic E-state index is 11.4. The highest BCUT2D eigenvalue weighted by Crippen LogP contribution is 2.11. The minimum absolute atomic E-state index is 0.0159. The maximum atomic E-state index is 11.4. The van der Waals surface area contributed by atoms with Crippen LogP contribution in [0.4, 0.5) is 5.69 Å². The molecule has 1 aromatic carbocycles. The molecule has 0 aromatic heterocycles. The highest BCUT2D eigenvalue weighted by Gasteiger charge is 2.03. The molecule has 0 radical (unpaired) electrons. The van der Waals surface area contributed by atoms with Gasteiger partial charge in [-0.25, -0.2) is 0 Å². The first kappa shape index (κ1) is 10.6. The molecule has 0 unspecified atom stereocenters. The molecule has 1 amide bonds. The molecular formula is C11H16N2O. The molecule has 3 heteroatoms. The lowest BCUT2D eigenvalue weighted by atomic mass is 10.2. The summed E-state index contributed by atoms with van der Waals surface area (Å²) in [6.45, 7) is 2.57. The fourth-order valence-electron chi connectivity index (χ4n) is 1.17. The van der Waals surface area contributed by atoms with E-state index >= 15 is 0 Å². The predicted octanol–water partition coefficient (Wildman–Crippen LogP) is 1.50. The van der Waals surface area contributed by atoms with Crippen LogP contribution in [0.15, 0.2) is 24.3 Å². The van der Waals surface area contributed by atoms with Crippen molar-refractivity contribution in [3.05, 3.63) is 29.8 Å². The lowest BCUT2D eigenvalue weighted by Gasteiger charge is -2.12. The average molecular weight is 192 g/mol. The number of rotatable bonds is 3. The van der Waals surface area contributed by atoms with Crippen molar-refractivity contribution in [3.8, 4) is 0 Å². The molecule has 0 aliphatic heterocycles. The Morgan fingerprint density at radius 2 is 1.86 bits per heavy atom. The number of amides is 1. The van der Waals surface area contributed by atoms with E-state index < -0.39 is 0 Å². The van der Waals surface area contributed by atoms with E-state index in [4.69, 9.17) is 0 Å². The van der Waals surface area contributed by atoms with Gasteiger partial charge in [0.1, 0.15) is 0 Å². The van der Waals surface area contributed by atoms with Gasteiger partial charge in [-0.3, -0.25) is 4.79 Å². The molecule has 0 fully saturated rings. The third-order valence-electron chi connectivity index (χ3n) is 1.98. The maximum Gasteiger partial charge on any atom is 0.251 e. The van der Waals surface area contributed by atoms with E-state index in [1.165, 1.54) is 0 Å². The lowest BCUT2D eigenvalue weighted by Crippen LogP contribution is -2.22. The van der Waals surface area contributed by atoms with Crippen LogP contribution in [0.3, 0.4) is 0 Å². The minimum atomic E-state index is -0.0159. The Bertz CT molecular complexity index is 304. The summed E-state index contributed by atoms with van der Waals surface area (Å²) in [5.74, 6) is -0.0159. The highest BCUT2D eigenvalue weighted by atomic mass is 16.1. The topological polar surface area (TPSA) is 32.3 Å². The predicted molar refractivity (Wildman–Crippen MR) is 58.8 cm³/mol. The Labute approximate surface area is 84.7 Å². The number of benzene rings is 1. The Morgan fingerprint density at radius 3 is 2.29 bits per heavy atom. The number of nitrogens with zero attached hydrogens (tertiary/aromatic N) is 1. The zero-order valence-electron chi connectivity index (χ0n) is 8.87. The van der Waals surface area contributed by atoms with Gasteiger partial charge < -0.3 is 10.2 Å². The number of carbonyl (C=O) groups excluding carboxylic acids is 1. The number of anilines is 1. The standard InChI is InChI=1S/C11H16N2O/c1-4-12-11(14)9-5-7-10(8-6-9)13(2)3/h5-8H,4H2,1-3H3,(H,12,14). The third kappa shape index (κ3) is 2.49. The second-order valence-corrected chi connectivity index (χ2v) is 3.30. The summed E-state index contributed by atoms with van der Waals surface area (Å²) in [5, 5.41) is 2.76. The van der Waals surface area contributed by atoms with E-state index in [1.54, 1.807) is 0 Å². The molecule has 76 valence electrons. The van der Waals surface area contributed by atoms with Crippen LogP contribution < -0.4 is 10.2 Å². The van der Waals surface area contributed by atoms with Crippen LogP contribution in [0.25, 0.3) is 0 Å². The summed E-state index contributed by atoms with van der Waals surface area (Å²) in [6.07, 6.45) is 0. The first-order valence-electron chi connectivity index (χ1n) is 4.70. The molecule has 1 aromatic rings. The van der Waals surface area contributed by atoms with Crippen molar-refractivity contribution in [1.82, 2.24) is 5.32 Å². The summed E-state index contributed by atoms with van der Waals surface area (Å²) in [4.78, 5) is 13.4. The Morgan fingerprint density at radius 1 is 1.29 bits per heavy atom. The summed E-state index contributed by atoms with van der Waals surface area (Å²) < 4.78 is 0.